The number of hydrogen-bond donors (Lipinski definition) is 7. The first kappa shape index (κ1) is 34.1. The summed E-state index contributed by atoms with van der Waals surface area (Å²) in [5, 5.41) is 75.1. The van der Waals surface area contributed by atoms with Gasteiger partial charge in [-0.05, 0) is 118 Å². The Hall–Kier alpha value is -0.400. The summed E-state index contributed by atoms with van der Waals surface area (Å²) in [4.78, 5) is 0. The molecule has 2 heterocycles. The fourth-order valence-electron chi connectivity index (χ4n) is 13.7. The number of ether oxygens (including phenoxy) is 3. The summed E-state index contributed by atoms with van der Waals surface area (Å²) in [7, 11) is 0. The third-order valence-corrected chi connectivity index (χ3v) is 15.9. The molecule has 7 aliphatic rings. The van der Waals surface area contributed by atoms with Crippen LogP contribution in [0.4, 0.5) is 0 Å². The smallest absolute Gasteiger partial charge is 0.186 e. The number of aliphatic hydroxyl groups excluding tert-OH is 6. The molecule has 0 radical (unpaired) electrons. The lowest BCUT2D eigenvalue weighted by atomic mass is 9.41. The molecule has 0 aromatic heterocycles. The Morgan fingerprint density at radius 2 is 1.48 bits per heavy atom. The summed E-state index contributed by atoms with van der Waals surface area (Å²) in [6, 6.07) is 0. The molecule has 0 aromatic rings. The van der Waals surface area contributed by atoms with Crippen molar-refractivity contribution in [1.82, 2.24) is 0 Å². The second-order valence-corrected chi connectivity index (χ2v) is 18.4. The van der Waals surface area contributed by atoms with Crippen molar-refractivity contribution in [2.24, 2.45) is 44.8 Å². The van der Waals surface area contributed by atoms with E-state index in [4.69, 9.17) is 14.2 Å². The predicted octanol–water partition coefficient (Wildman–Crippen LogP) is 2.26. The molecule has 10 nitrogen and oxygen atoms in total. The first-order valence-corrected chi connectivity index (χ1v) is 18.0. The van der Waals surface area contributed by atoms with E-state index in [0.717, 1.165) is 57.8 Å². The lowest BCUT2D eigenvalue weighted by molar-refractivity contribution is -0.326. The normalized spacial score (nSPS) is 57.7. The van der Waals surface area contributed by atoms with Crippen molar-refractivity contribution in [2.45, 2.75) is 166 Å². The molecule has 0 bridgehead atoms. The van der Waals surface area contributed by atoms with Gasteiger partial charge in [0.05, 0.1) is 36.1 Å². The molecule has 5 saturated carbocycles. The van der Waals surface area contributed by atoms with Crippen molar-refractivity contribution in [2.75, 3.05) is 13.2 Å². The van der Waals surface area contributed by atoms with Crippen LogP contribution in [-0.4, -0.2) is 109 Å². The van der Waals surface area contributed by atoms with Gasteiger partial charge in [-0.15, -0.1) is 0 Å². The molecule has 5 aliphatic carbocycles. The average molecular weight is 653 g/mol. The highest BCUT2D eigenvalue weighted by Gasteiger charge is 2.84. The van der Waals surface area contributed by atoms with Crippen molar-refractivity contribution in [3.05, 3.63) is 0 Å². The Morgan fingerprint density at radius 3 is 2.11 bits per heavy atom. The zero-order chi connectivity index (χ0) is 33.5. The number of fused-ring (bicyclic) bond motifs is 2. The van der Waals surface area contributed by atoms with Crippen LogP contribution in [0.1, 0.15) is 106 Å². The van der Waals surface area contributed by atoms with Crippen molar-refractivity contribution in [3.63, 3.8) is 0 Å². The van der Waals surface area contributed by atoms with Gasteiger partial charge in [0.1, 0.15) is 24.4 Å². The Bertz CT molecular complexity index is 1190. The molecular formula is C36H60O10. The van der Waals surface area contributed by atoms with Crippen molar-refractivity contribution >= 4 is 0 Å². The van der Waals surface area contributed by atoms with Gasteiger partial charge in [0.15, 0.2) is 6.29 Å². The van der Waals surface area contributed by atoms with E-state index in [1.165, 1.54) is 0 Å². The fraction of sp³-hybridized carbons (Fsp3) is 1.00. The highest BCUT2D eigenvalue weighted by Crippen LogP contribution is 2.89. The molecule has 16 atom stereocenters. The molecule has 2 aliphatic heterocycles. The van der Waals surface area contributed by atoms with Gasteiger partial charge >= 0.3 is 0 Å². The molecule has 2 spiro atoms. The number of hydrogen-bond acceptors (Lipinski definition) is 10. The van der Waals surface area contributed by atoms with E-state index in [9.17, 15) is 35.7 Å². The lowest BCUT2D eigenvalue weighted by Crippen LogP contribution is -2.62. The van der Waals surface area contributed by atoms with Gasteiger partial charge in [-0.1, -0.05) is 20.8 Å². The van der Waals surface area contributed by atoms with E-state index in [1.54, 1.807) is 13.8 Å². The van der Waals surface area contributed by atoms with Crippen LogP contribution < -0.4 is 0 Å². The number of aliphatic hydroxyl groups is 7. The second kappa shape index (κ2) is 10.6. The van der Waals surface area contributed by atoms with Crippen LogP contribution in [0, 0.1) is 44.8 Å². The topological polar surface area (TPSA) is 169 Å². The lowest BCUT2D eigenvalue weighted by Gasteiger charge is -2.64. The minimum Gasteiger partial charge on any atom is -0.396 e. The van der Waals surface area contributed by atoms with E-state index >= 15 is 0 Å². The summed E-state index contributed by atoms with van der Waals surface area (Å²) in [5.41, 5.74) is -2.22. The van der Waals surface area contributed by atoms with Gasteiger partial charge in [-0.25, -0.2) is 0 Å². The molecule has 0 unspecified atom stereocenters. The zero-order valence-electron chi connectivity index (χ0n) is 28.7. The van der Waals surface area contributed by atoms with E-state index in [2.05, 4.69) is 27.7 Å². The van der Waals surface area contributed by atoms with Gasteiger partial charge in [-0.3, -0.25) is 0 Å². The molecule has 7 rings (SSSR count). The first-order chi connectivity index (χ1) is 21.4. The molecule has 2 saturated heterocycles. The summed E-state index contributed by atoms with van der Waals surface area (Å²) < 4.78 is 18.9. The predicted molar refractivity (Wildman–Crippen MR) is 167 cm³/mol. The van der Waals surface area contributed by atoms with Gasteiger partial charge in [0.25, 0.3) is 0 Å². The third kappa shape index (κ3) is 4.24. The van der Waals surface area contributed by atoms with E-state index in [-0.39, 0.29) is 46.4 Å². The van der Waals surface area contributed by atoms with Crippen LogP contribution in [0.25, 0.3) is 0 Å². The van der Waals surface area contributed by atoms with Crippen LogP contribution in [-0.2, 0) is 14.2 Å². The first-order valence-electron chi connectivity index (χ1n) is 18.0. The third-order valence-electron chi connectivity index (χ3n) is 15.9. The van der Waals surface area contributed by atoms with E-state index in [0.29, 0.717) is 18.3 Å². The SMILES string of the molecule is CC(C)(O)[C@H]1CC[C@@](C)([C@@H]2[C@@H](O)C[C@@]3(C)[C@@H]4CC[C@@H]5C(C)(C)[C@H](O[C@@H]6O[C@@H](CO)[C@H](O)[C@H](O)[C@@H]6O)CC[C@@]56C[C@@]46CC[C@]23CO)O1. The highest BCUT2D eigenvalue weighted by atomic mass is 16.7. The minimum absolute atomic E-state index is 0.0286. The van der Waals surface area contributed by atoms with E-state index in [1.807, 2.05) is 0 Å². The maximum Gasteiger partial charge on any atom is 0.186 e. The van der Waals surface area contributed by atoms with Gasteiger partial charge in [-0.2, -0.15) is 0 Å². The van der Waals surface area contributed by atoms with Crippen LogP contribution in [0.3, 0.4) is 0 Å². The summed E-state index contributed by atoms with van der Waals surface area (Å²) in [6.45, 7) is 12.1. The summed E-state index contributed by atoms with van der Waals surface area (Å²) >= 11 is 0. The summed E-state index contributed by atoms with van der Waals surface area (Å²) in [5.74, 6) is 0.562. The fourth-order valence-corrected chi connectivity index (χ4v) is 13.7. The molecule has 0 amide bonds. The molecule has 10 heteroatoms. The molecule has 7 fully saturated rings. The molecule has 46 heavy (non-hydrogen) atoms. The highest BCUT2D eigenvalue weighted by molar-refractivity contribution is 5.32. The van der Waals surface area contributed by atoms with E-state index < -0.39 is 60.0 Å². The Balaban J connectivity index is 1.14. The standard InChI is InChI=1S/C36H60O10/c1-30(2)21-7-8-22-32(5)15-19(39)28(33(6)11-9-24(46-33)31(3,4)43)36(32,18-38)14-13-35(22)17-34(21,35)12-10-23(30)45-29-27(42)26(41)25(40)20(16-37)44-29/h19-29,37-43H,7-18H2,1-6H3/t19-,20-,21+,22-,23+,24+,25-,26-,27-,28-,29-,32-,33-,34+,35-,36-/m0/s1. The van der Waals surface area contributed by atoms with Crippen LogP contribution in [0.5, 0.6) is 0 Å². The van der Waals surface area contributed by atoms with Gasteiger partial charge < -0.3 is 50.0 Å². The molecule has 7 N–H and O–H groups in total. The monoisotopic (exact) mass is 652 g/mol. The Morgan fingerprint density at radius 1 is 0.804 bits per heavy atom. The largest absolute Gasteiger partial charge is 0.396 e. The van der Waals surface area contributed by atoms with Crippen molar-refractivity contribution < 1.29 is 50.0 Å². The van der Waals surface area contributed by atoms with Crippen LogP contribution in [0.15, 0.2) is 0 Å². The van der Waals surface area contributed by atoms with Crippen molar-refractivity contribution in [3.8, 4) is 0 Å². The van der Waals surface area contributed by atoms with Gasteiger partial charge in [0, 0.05) is 17.9 Å². The molecule has 0 aromatic carbocycles. The van der Waals surface area contributed by atoms with Crippen molar-refractivity contribution in [1.29, 1.82) is 0 Å². The maximum atomic E-state index is 11.9. The quantitative estimate of drug-likeness (QED) is 0.211. The number of rotatable bonds is 6. The van der Waals surface area contributed by atoms with Gasteiger partial charge in [0.2, 0.25) is 0 Å². The second-order valence-electron chi connectivity index (χ2n) is 18.4. The maximum absolute atomic E-state index is 11.9. The Labute approximate surface area is 273 Å². The Kier molecular flexibility index (Phi) is 7.82. The van der Waals surface area contributed by atoms with Crippen LogP contribution in [0.2, 0.25) is 0 Å². The van der Waals surface area contributed by atoms with Crippen LogP contribution >= 0.6 is 0 Å². The molecular weight excluding hydrogens is 592 g/mol. The average Bonchev–Trinajstić information content (AvgIpc) is 3.34. The molecule has 264 valence electrons. The zero-order valence-corrected chi connectivity index (χ0v) is 28.7. The minimum atomic E-state index is -1.46. The summed E-state index contributed by atoms with van der Waals surface area (Å²) in [6.07, 6.45) is 1.45.